The molecular formula is C13H11N3O. The molecule has 0 fully saturated rings. The summed E-state index contributed by atoms with van der Waals surface area (Å²) >= 11 is 0. The van der Waals surface area contributed by atoms with Gasteiger partial charge in [-0.25, -0.2) is 10.2 Å². The average Bonchev–Trinajstić information content (AvgIpc) is 2.39. The van der Waals surface area contributed by atoms with E-state index in [4.69, 9.17) is 0 Å². The number of amides is 2. The predicted molar refractivity (Wildman–Crippen MR) is 67.0 cm³/mol. The monoisotopic (exact) mass is 225 g/mol. The fourth-order valence-electron chi connectivity index (χ4n) is 1.90. The average molecular weight is 225 g/mol. The first-order valence-corrected chi connectivity index (χ1v) is 5.42. The number of hydrogen-bond acceptors (Lipinski definition) is 2. The molecule has 0 atom stereocenters. The lowest BCUT2D eigenvalue weighted by atomic mass is 10.0. The van der Waals surface area contributed by atoms with Crippen LogP contribution in [0.4, 0.5) is 4.79 Å². The Labute approximate surface area is 98.3 Å². The Kier molecular flexibility index (Phi) is 2.26. The molecule has 0 unspecified atom stereocenters. The summed E-state index contributed by atoms with van der Waals surface area (Å²) in [7, 11) is 0. The summed E-state index contributed by atoms with van der Waals surface area (Å²) in [5.74, 6) is 0. The van der Waals surface area contributed by atoms with Gasteiger partial charge in [0.1, 0.15) is 0 Å². The molecule has 1 aliphatic rings. The number of fused-ring (bicyclic) bond motifs is 1. The molecule has 4 nitrogen and oxygen atoms in total. The topological polar surface area (TPSA) is 53.5 Å². The summed E-state index contributed by atoms with van der Waals surface area (Å²) in [5, 5.41) is 9.11. The molecule has 0 spiro atoms. The van der Waals surface area contributed by atoms with Gasteiger partial charge in [-0.1, -0.05) is 36.4 Å². The van der Waals surface area contributed by atoms with Crippen LogP contribution in [0.3, 0.4) is 0 Å². The van der Waals surface area contributed by atoms with Crippen molar-refractivity contribution in [2.24, 2.45) is 5.10 Å². The molecule has 1 heterocycles. The highest BCUT2D eigenvalue weighted by atomic mass is 16.2. The van der Waals surface area contributed by atoms with Gasteiger partial charge in [-0.3, -0.25) is 0 Å². The molecule has 0 saturated carbocycles. The molecule has 0 bridgehead atoms. The van der Waals surface area contributed by atoms with Gasteiger partial charge in [-0.15, -0.1) is 0 Å². The third-order valence-electron chi connectivity index (χ3n) is 2.79. The summed E-state index contributed by atoms with van der Waals surface area (Å²) in [4.78, 5) is 10.9. The van der Waals surface area contributed by atoms with Crippen molar-refractivity contribution < 1.29 is 4.79 Å². The van der Waals surface area contributed by atoms with E-state index in [0.717, 1.165) is 11.3 Å². The third kappa shape index (κ3) is 1.85. The van der Waals surface area contributed by atoms with Crippen molar-refractivity contribution in [2.45, 2.75) is 0 Å². The predicted octanol–water partition coefficient (Wildman–Crippen LogP) is 1.86. The van der Waals surface area contributed by atoms with Gasteiger partial charge in [0, 0.05) is 5.56 Å². The summed E-state index contributed by atoms with van der Waals surface area (Å²) in [6.45, 7) is 0.462. The SMILES string of the molecule is O=C1NCC(c2ccc3ccccc3c2)=NN1. The molecular weight excluding hydrogens is 214 g/mol. The van der Waals surface area contributed by atoms with Crippen LogP contribution in [0, 0.1) is 0 Å². The molecule has 0 aliphatic carbocycles. The van der Waals surface area contributed by atoms with Crippen LogP contribution in [0.1, 0.15) is 5.56 Å². The minimum atomic E-state index is -0.255. The highest BCUT2D eigenvalue weighted by Crippen LogP contribution is 2.16. The molecule has 2 aromatic rings. The quantitative estimate of drug-likeness (QED) is 0.764. The van der Waals surface area contributed by atoms with E-state index in [9.17, 15) is 4.79 Å². The standard InChI is InChI=1S/C13H11N3O/c17-13-14-8-12(15-16-13)11-6-5-9-3-1-2-4-10(9)7-11/h1-7H,8H2,(H2,14,16,17). The number of rotatable bonds is 1. The molecule has 0 saturated heterocycles. The zero-order valence-electron chi connectivity index (χ0n) is 9.10. The van der Waals surface area contributed by atoms with E-state index in [-0.39, 0.29) is 6.03 Å². The second kappa shape index (κ2) is 3.90. The number of carbonyl (C=O) groups is 1. The van der Waals surface area contributed by atoms with E-state index in [1.807, 2.05) is 18.2 Å². The summed E-state index contributed by atoms with van der Waals surface area (Å²) < 4.78 is 0. The highest BCUT2D eigenvalue weighted by molar-refractivity contribution is 6.07. The first-order chi connectivity index (χ1) is 8.33. The largest absolute Gasteiger partial charge is 0.335 e. The Morgan fingerprint density at radius 3 is 2.65 bits per heavy atom. The molecule has 4 heteroatoms. The van der Waals surface area contributed by atoms with Crippen LogP contribution in [0.15, 0.2) is 47.6 Å². The van der Waals surface area contributed by atoms with Gasteiger partial charge in [0.15, 0.2) is 0 Å². The van der Waals surface area contributed by atoms with Crippen molar-refractivity contribution in [3.63, 3.8) is 0 Å². The molecule has 17 heavy (non-hydrogen) atoms. The maximum atomic E-state index is 10.9. The highest BCUT2D eigenvalue weighted by Gasteiger charge is 2.11. The minimum absolute atomic E-state index is 0.255. The maximum absolute atomic E-state index is 10.9. The summed E-state index contributed by atoms with van der Waals surface area (Å²) in [6, 6.07) is 14.1. The molecule has 0 aromatic heterocycles. The first kappa shape index (κ1) is 9.84. The number of hydrazone groups is 1. The number of carbonyl (C=O) groups excluding carboxylic acids is 1. The molecule has 3 rings (SSSR count). The number of hydrogen-bond donors (Lipinski definition) is 2. The van der Waals surface area contributed by atoms with Gasteiger partial charge in [0.2, 0.25) is 0 Å². The molecule has 2 amide bonds. The van der Waals surface area contributed by atoms with Crippen LogP contribution >= 0.6 is 0 Å². The lowest BCUT2D eigenvalue weighted by molar-refractivity contribution is 0.241. The van der Waals surface area contributed by atoms with E-state index >= 15 is 0 Å². The lowest BCUT2D eigenvalue weighted by Gasteiger charge is -2.14. The van der Waals surface area contributed by atoms with Crippen LogP contribution in [0.25, 0.3) is 10.8 Å². The van der Waals surface area contributed by atoms with Crippen molar-refractivity contribution in [3.8, 4) is 0 Å². The number of benzene rings is 2. The van der Waals surface area contributed by atoms with E-state index < -0.39 is 0 Å². The van der Waals surface area contributed by atoms with Crippen LogP contribution in [-0.2, 0) is 0 Å². The Morgan fingerprint density at radius 1 is 1.06 bits per heavy atom. The normalized spacial score (nSPS) is 15.1. The maximum Gasteiger partial charge on any atom is 0.335 e. The van der Waals surface area contributed by atoms with Crippen molar-refractivity contribution in [3.05, 3.63) is 48.0 Å². The summed E-state index contributed by atoms with van der Waals surface area (Å²) in [5.41, 5.74) is 4.28. The second-order valence-corrected chi connectivity index (χ2v) is 3.91. The Balaban J connectivity index is 2.03. The molecule has 1 aliphatic heterocycles. The number of urea groups is 1. The number of nitrogens with zero attached hydrogens (tertiary/aromatic N) is 1. The van der Waals surface area contributed by atoms with Crippen molar-refractivity contribution >= 4 is 22.5 Å². The Bertz CT molecular complexity index is 619. The Hall–Kier alpha value is -2.36. The van der Waals surface area contributed by atoms with Crippen LogP contribution < -0.4 is 10.7 Å². The van der Waals surface area contributed by atoms with E-state index in [1.165, 1.54) is 10.8 Å². The Morgan fingerprint density at radius 2 is 1.88 bits per heavy atom. The smallest absolute Gasteiger partial charge is 0.331 e. The molecule has 2 aromatic carbocycles. The minimum Gasteiger partial charge on any atom is -0.331 e. The van der Waals surface area contributed by atoms with Crippen molar-refractivity contribution in [1.82, 2.24) is 10.7 Å². The zero-order valence-corrected chi connectivity index (χ0v) is 9.10. The number of nitrogens with one attached hydrogen (secondary N) is 2. The van der Waals surface area contributed by atoms with E-state index in [0.29, 0.717) is 6.54 Å². The lowest BCUT2D eigenvalue weighted by Crippen LogP contribution is -2.42. The van der Waals surface area contributed by atoms with Gasteiger partial charge in [0.25, 0.3) is 0 Å². The van der Waals surface area contributed by atoms with E-state index in [1.54, 1.807) is 0 Å². The van der Waals surface area contributed by atoms with Gasteiger partial charge in [0.05, 0.1) is 12.3 Å². The van der Waals surface area contributed by atoms with Gasteiger partial charge in [-0.05, 0) is 16.8 Å². The molecule has 2 N–H and O–H groups in total. The third-order valence-corrected chi connectivity index (χ3v) is 2.79. The first-order valence-electron chi connectivity index (χ1n) is 5.42. The fraction of sp³-hybridized carbons (Fsp3) is 0.0769. The van der Waals surface area contributed by atoms with Crippen molar-refractivity contribution in [2.75, 3.05) is 6.54 Å². The zero-order chi connectivity index (χ0) is 11.7. The van der Waals surface area contributed by atoms with Crippen molar-refractivity contribution in [1.29, 1.82) is 0 Å². The molecule has 84 valence electrons. The fourth-order valence-corrected chi connectivity index (χ4v) is 1.90. The van der Waals surface area contributed by atoms with Crippen LogP contribution in [-0.4, -0.2) is 18.3 Å². The van der Waals surface area contributed by atoms with Gasteiger partial charge >= 0.3 is 6.03 Å². The van der Waals surface area contributed by atoms with Gasteiger partial charge < -0.3 is 5.32 Å². The summed E-state index contributed by atoms with van der Waals surface area (Å²) in [6.07, 6.45) is 0. The van der Waals surface area contributed by atoms with Crippen LogP contribution in [0.2, 0.25) is 0 Å². The second-order valence-electron chi connectivity index (χ2n) is 3.91. The molecule has 0 radical (unpaired) electrons. The van der Waals surface area contributed by atoms with Crippen LogP contribution in [0.5, 0.6) is 0 Å². The van der Waals surface area contributed by atoms with Gasteiger partial charge in [-0.2, -0.15) is 5.10 Å². The van der Waals surface area contributed by atoms with E-state index in [2.05, 4.69) is 40.1 Å².